The van der Waals surface area contributed by atoms with Gasteiger partial charge in [-0.05, 0) is 72.3 Å². The summed E-state index contributed by atoms with van der Waals surface area (Å²) in [6.45, 7) is 2.06. The van der Waals surface area contributed by atoms with E-state index < -0.39 is 0 Å². The number of aromatic nitrogens is 2. The highest BCUT2D eigenvalue weighted by Gasteiger charge is 2.22. The number of hydrogen-bond donors (Lipinski definition) is 2. The molecule has 154 valence electrons. The largest absolute Gasteiger partial charge is 0.362 e. The number of hydrogen-bond acceptors (Lipinski definition) is 6. The summed E-state index contributed by atoms with van der Waals surface area (Å²) in [5.74, 6) is 2.47. The Balaban J connectivity index is 1.30. The van der Waals surface area contributed by atoms with Gasteiger partial charge in [0, 0.05) is 46.8 Å². The Bertz CT molecular complexity index is 949. The van der Waals surface area contributed by atoms with E-state index in [-0.39, 0.29) is 0 Å². The van der Waals surface area contributed by atoms with Crippen molar-refractivity contribution < 1.29 is 0 Å². The van der Waals surface area contributed by atoms with Gasteiger partial charge in [0.05, 0.1) is 5.52 Å². The van der Waals surface area contributed by atoms with Crippen LogP contribution in [0.2, 0.25) is 0 Å². The fourth-order valence-electron chi connectivity index (χ4n) is 4.00. The van der Waals surface area contributed by atoms with E-state index in [2.05, 4.69) is 55.0 Å². The third kappa shape index (κ3) is 5.27. The Morgan fingerprint density at radius 3 is 2.66 bits per heavy atom. The van der Waals surface area contributed by atoms with Gasteiger partial charge in [0.15, 0.2) is 0 Å². The van der Waals surface area contributed by atoms with Gasteiger partial charge < -0.3 is 15.5 Å². The number of halogens is 1. The van der Waals surface area contributed by atoms with Gasteiger partial charge in [-0.1, -0.05) is 12.1 Å². The lowest BCUT2D eigenvalue weighted by atomic mass is 9.86. The summed E-state index contributed by atoms with van der Waals surface area (Å²) in [7, 11) is 4.07. The van der Waals surface area contributed by atoms with Gasteiger partial charge in [-0.3, -0.25) is 0 Å². The average molecular weight is 474 g/mol. The molecule has 0 bridgehead atoms. The highest BCUT2D eigenvalue weighted by Crippen LogP contribution is 2.28. The summed E-state index contributed by atoms with van der Waals surface area (Å²) in [6.07, 6.45) is 4.83. The van der Waals surface area contributed by atoms with Crippen LogP contribution in [0.15, 0.2) is 40.2 Å². The molecule has 0 amide bonds. The van der Waals surface area contributed by atoms with Crippen molar-refractivity contribution in [2.45, 2.75) is 38.3 Å². The van der Waals surface area contributed by atoms with Crippen molar-refractivity contribution in [3.8, 4) is 0 Å². The standard InChI is InChI=1S/C22H28BrN5S/c1-28(2)21-19-5-3-4-6-20(19)26-22(27-21)25-17-9-7-15(8-10-17)12-24-13-18-11-16(23)14-29-18/h3-6,11,14-15,17,24H,7-10,12-13H2,1-2H3,(H,25,26,27). The summed E-state index contributed by atoms with van der Waals surface area (Å²) in [5, 5.41) is 10.5. The quantitative estimate of drug-likeness (QED) is 0.488. The monoisotopic (exact) mass is 473 g/mol. The molecule has 5 nitrogen and oxygen atoms in total. The molecule has 3 aromatic rings. The molecule has 1 aromatic carbocycles. The minimum Gasteiger partial charge on any atom is -0.362 e. The fourth-order valence-corrected chi connectivity index (χ4v) is 5.43. The first-order chi connectivity index (χ1) is 14.1. The van der Waals surface area contributed by atoms with Crippen LogP contribution < -0.4 is 15.5 Å². The van der Waals surface area contributed by atoms with Crippen molar-refractivity contribution in [1.29, 1.82) is 0 Å². The number of rotatable bonds is 7. The highest BCUT2D eigenvalue weighted by atomic mass is 79.9. The van der Waals surface area contributed by atoms with Gasteiger partial charge in [0.25, 0.3) is 0 Å². The van der Waals surface area contributed by atoms with Gasteiger partial charge >= 0.3 is 0 Å². The maximum absolute atomic E-state index is 4.79. The molecular formula is C22H28BrN5S. The molecule has 1 saturated carbocycles. The maximum atomic E-state index is 4.79. The molecule has 0 unspecified atom stereocenters. The molecule has 2 heterocycles. The van der Waals surface area contributed by atoms with Gasteiger partial charge in [0.2, 0.25) is 5.95 Å². The summed E-state index contributed by atoms with van der Waals surface area (Å²) < 4.78 is 1.18. The van der Waals surface area contributed by atoms with E-state index in [0.29, 0.717) is 6.04 Å². The van der Waals surface area contributed by atoms with Crippen LogP contribution in [-0.2, 0) is 6.54 Å². The van der Waals surface area contributed by atoms with Crippen LogP contribution in [0.3, 0.4) is 0 Å². The Labute approximate surface area is 185 Å². The van der Waals surface area contributed by atoms with E-state index in [9.17, 15) is 0 Å². The number of nitrogens with one attached hydrogen (secondary N) is 2. The lowest BCUT2D eigenvalue weighted by Crippen LogP contribution is -2.31. The van der Waals surface area contributed by atoms with E-state index in [4.69, 9.17) is 9.97 Å². The van der Waals surface area contributed by atoms with Gasteiger partial charge in [0.1, 0.15) is 5.82 Å². The van der Waals surface area contributed by atoms with Gasteiger partial charge in [-0.2, -0.15) is 4.98 Å². The van der Waals surface area contributed by atoms with Crippen LogP contribution in [0.5, 0.6) is 0 Å². The van der Waals surface area contributed by atoms with Crippen LogP contribution in [0.1, 0.15) is 30.6 Å². The molecule has 29 heavy (non-hydrogen) atoms. The molecular weight excluding hydrogens is 446 g/mol. The molecule has 4 rings (SSSR count). The van der Waals surface area contributed by atoms with Gasteiger partial charge in [-0.15, -0.1) is 11.3 Å². The summed E-state index contributed by atoms with van der Waals surface area (Å²) in [5.41, 5.74) is 0.992. The van der Waals surface area contributed by atoms with E-state index in [1.54, 1.807) is 11.3 Å². The lowest BCUT2D eigenvalue weighted by Gasteiger charge is -2.29. The number of thiophene rings is 1. The average Bonchev–Trinajstić information content (AvgIpc) is 3.13. The Hall–Kier alpha value is -1.70. The third-order valence-corrected chi connectivity index (χ3v) is 7.24. The third-order valence-electron chi connectivity index (χ3n) is 5.54. The first kappa shape index (κ1) is 20.6. The summed E-state index contributed by atoms with van der Waals surface area (Å²) in [4.78, 5) is 13.0. The zero-order chi connectivity index (χ0) is 20.2. The van der Waals surface area contributed by atoms with Crippen LogP contribution in [0, 0.1) is 5.92 Å². The highest BCUT2D eigenvalue weighted by molar-refractivity contribution is 9.10. The first-order valence-corrected chi connectivity index (χ1v) is 11.9. The summed E-state index contributed by atoms with van der Waals surface area (Å²) in [6, 6.07) is 10.9. The minimum absolute atomic E-state index is 0.454. The number of nitrogens with zero attached hydrogens (tertiary/aromatic N) is 3. The second-order valence-corrected chi connectivity index (χ2v) is 9.92. The molecule has 2 N–H and O–H groups in total. The lowest BCUT2D eigenvalue weighted by molar-refractivity contribution is 0.324. The van der Waals surface area contributed by atoms with Crippen LogP contribution >= 0.6 is 27.3 Å². The molecule has 0 atom stereocenters. The van der Waals surface area contributed by atoms with Crippen molar-refractivity contribution >= 4 is 49.9 Å². The van der Waals surface area contributed by atoms with E-state index in [1.807, 2.05) is 26.2 Å². The number of fused-ring (bicyclic) bond motifs is 1. The van der Waals surface area contributed by atoms with E-state index >= 15 is 0 Å². The Morgan fingerprint density at radius 1 is 1.14 bits per heavy atom. The van der Waals surface area contributed by atoms with Crippen molar-refractivity contribution in [2.24, 2.45) is 5.92 Å². The molecule has 1 aliphatic rings. The molecule has 0 radical (unpaired) electrons. The van der Waals surface area contributed by atoms with Crippen LogP contribution in [0.25, 0.3) is 10.9 Å². The molecule has 0 spiro atoms. The van der Waals surface area contributed by atoms with E-state index in [1.165, 1.54) is 35.0 Å². The SMILES string of the molecule is CN(C)c1nc(NC2CCC(CNCc3cc(Br)cs3)CC2)nc2ccccc12. The molecule has 7 heteroatoms. The fraction of sp³-hybridized carbons (Fsp3) is 0.455. The predicted molar refractivity (Wildman–Crippen MR) is 127 cm³/mol. The second-order valence-electron chi connectivity index (χ2n) is 8.01. The second kappa shape index (κ2) is 9.41. The van der Waals surface area contributed by atoms with Crippen LogP contribution in [0.4, 0.5) is 11.8 Å². The molecule has 0 saturated heterocycles. The van der Waals surface area contributed by atoms with Crippen molar-refractivity contribution in [1.82, 2.24) is 15.3 Å². The van der Waals surface area contributed by atoms with Gasteiger partial charge in [-0.25, -0.2) is 4.98 Å². The Kier molecular flexibility index (Phi) is 6.67. The van der Waals surface area contributed by atoms with Crippen molar-refractivity contribution in [3.05, 3.63) is 45.1 Å². The number of benzene rings is 1. The van der Waals surface area contributed by atoms with E-state index in [0.717, 1.165) is 41.7 Å². The maximum Gasteiger partial charge on any atom is 0.225 e. The zero-order valence-corrected chi connectivity index (χ0v) is 19.4. The topological polar surface area (TPSA) is 53.1 Å². The predicted octanol–water partition coefficient (Wildman–Crippen LogP) is 5.28. The van der Waals surface area contributed by atoms with Crippen molar-refractivity contribution in [2.75, 3.05) is 30.9 Å². The molecule has 2 aromatic heterocycles. The zero-order valence-electron chi connectivity index (χ0n) is 17.0. The van der Waals surface area contributed by atoms with Crippen LogP contribution in [-0.4, -0.2) is 36.6 Å². The molecule has 1 fully saturated rings. The minimum atomic E-state index is 0.454. The van der Waals surface area contributed by atoms with Crippen molar-refractivity contribution in [3.63, 3.8) is 0 Å². The molecule has 0 aliphatic heterocycles. The normalized spacial score (nSPS) is 19.4. The smallest absolute Gasteiger partial charge is 0.225 e. The Morgan fingerprint density at radius 2 is 1.93 bits per heavy atom. The first-order valence-electron chi connectivity index (χ1n) is 10.2. The number of anilines is 2. The number of para-hydroxylation sites is 1. The summed E-state index contributed by atoms with van der Waals surface area (Å²) >= 11 is 5.33. The molecule has 1 aliphatic carbocycles.